The Morgan fingerprint density at radius 1 is 1.00 bits per heavy atom. The molecule has 2 aromatic carbocycles. The van der Waals surface area contributed by atoms with E-state index in [4.69, 9.17) is 0 Å². The van der Waals surface area contributed by atoms with Gasteiger partial charge in [-0.3, -0.25) is 4.79 Å². The molecule has 0 heterocycles. The lowest BCUT2D eigenvalue weighted by Crippen LogP contribution is -2.27. The summed E-state index contributed by atoms with van der Waals surface area (Å²) in [6.45, 7) is 5.65. The Labute approximate surface area is 118 Å². The van der Waals surface area contributed by atoms with Crippen LogP contribution in [-0.4, -0.2) is 13.0 Å². The van der Waals surface area contributed by atoms with E-state index in [0.717, 1.165) is 16.8 Å². The predicted molar refractivity (Wildman–Crippen MR) is 79.8 cm³/mol. The first-order valence-corrected chi connectivity index (χ1v) is 6.51. The Balaban J connectivity index is 2.34. The summed E-state index contributed by atoms with van der Waals surface area (Å²) in [5, 5.41) is 0. The second-order valence-electron chi connectivity index (χ2n) is 5.12. The van der Waals surface area contributed by atoms with Crippen molar-refractivity contribution in [3.8, 4) is 0 Å². The number of benzene rings is 2. The van der Waals surface area contributed by atoms with Gasteiger partial charge in [-0.05, 0) is 56.2 Å². The molecule has 0 aliphatic carbocycles. The monoisotopic (exact) mass is 271 g/mol. The standard InChI is InChI=1S/C17H18FNO/c1-11-5-8-16(13(3)9-11)19(4)17(20)14-6-7-15(18)12(2)10-14/h5-10H,1-4H3. The maximum Gasteiger partial charge on any atom is 0.258 e. The first kappa shape index (κ1) is 14.3. The first-order chi connectivity index (χ1) is 9.40. The van der Waals surface area contributed by atoms with E-state index in [2.05, 4.69) is 0 Å². The molecule has 0 saturated carbocycles. The average molecular weight is 271 g/mol. The Morgan fingerprint density at radius 2 is 1.70 bits per heavy atom. The lowest BCUT2D eigenvalue weighted by atomic mass is 10.1. The minimum absolute atomic E-state index is 0.139. The highest BCUT2D eigenvalue weighted by Crippen LogP contribution is 2.22. The van der Waals surface area contributed by atoms with Gasteiger partial charge in [0.1, 0.15) is 5.82 Å². The summed E-state index contributed by atoms with van der Waals surface area (Å²) >= 11 is 0. The lowest BCUT2D eigenvalue weighted by Gasteiger charge is -2.20. The maximum atomic E-state index is 13.3. The van der Waals surface area contributed by atoms with Gasteiger partial charge in [0.05, 0.1) is 0 Å². The van der Waals surface area contributed by atoms with Crippen LogP contribution in [0.25, 0.3) is 0 Å². The number of amides is 1. The zero-order chi connectivity index (χ0) is 14.9. The molecule has 1 amide bonds. The molecule has 3 heteroatoms. The van der Waals surface area contributed by atoms with Gasteiger partial charge in [0.2, 0.25) is 0 Å². The highest BCUT2D eigenvalue weighted by molar-refractivity contribution is 6.06. The van der Waals surface area contributed by atoms with E-state index in [1.54, 1.807) is 24.9 Å². The van der Waals surface area contributed by atoms with E-state index in [1.165, 1.54) is 12.1 Å². The molecule has 20 heavy (non-hydrogen) atoms. The molecular formula is C17H18FNO. The van der Waals surface area contributed by atoms with Gasteiger partial charge in [-0.25, -0.2) is 4.39 Å². The van der Waals surface area contributed by atoms with Crippen LogP contribution in [0.5, 0.6) is 0 Å². The third-order valence-electron chi connectivity index (χ3n) is 3.42. The van der Waals surface area contributed by atoms with Gasteiger partial charge < -0.3 is 4.90 Å². The van der Waals surface area contributed by atoms with Crippen molar-refractivity contribution >= 4 is 11.6 Å². The van der Waals surface area contributed by atoms with Gasteiger partial charge in [0, 0.05) is 18.3 Å². The Kier molecular flexibility index (Phi) is 3.89. The molecule has 0 unspecified atom stereocenters. The number of halogens is 1. The zero-order valence-electron chi connectivity index (χ0n) is 12.2. The van der Waals surface area contributed by atoms with Crippen molar-refractivity contribution in [1.29, 1.82) is 0 Å². The number of nitrogens with zero attached hydrogens (tertiary/aromatic N) is 1. The highest BCUT2D eigenvalue weighted by Gasteiger charge is 2.16. The average Bonchev–Trinajstić information content (AvgIpc) is 2.40. The van der Waals surface area contributed by atoms with Crippen molar-refractivity contribution in [2.45, 2.75) is 20.8 Å². The minimum Gasteiger partial charge on any atom is -0.311 e. The molecule has 2 nitrogen and oxygen atoms in total. The minimum atomic E-state index is -0.296. The SMILES string of the molecule is Cc1ccc(N(C)C(=O)c2ccc(F)c(C)c2)c(C)c1. The molecule has 0 aliphatic rings. The van der Waals surface area contributed by atoms with Crippen molar-refractivity contribution in [3.05, 3.63) is 64.5 Å². The number of rotatable bonds is 2. The van der Waals surface area contributed by atoms with Crippen molar-refractivity contribution in [2.24, 2.45) is 0 Å². The normalized spacial score (nSPS) is 10.4. The van der Waals surface area contributed by atoms with E-state index in [9.17, 15) is 9.18 Å². The van der Waals surface area contributed by atoms with Gasteiger partial charge in [0.15, 0.2) is 0 Å². The molecule has 104 valence electrons. The van der Waals surface area contributed by atoms with Crippen molar-refractivity contribution in [1.82, 2.24) is 0 Å². The number of aryl methyl sites for hydroxylation is 3. The third kappa shape index (κ3) is 2.72. The lowest BCUT2D eigenvalue weighted by molar-refractivity contribution is 0.0992. The molecule has 0 atom stereocenters. The molecular weight excluding hydrogens is 253 g/mol. The van der Waals surface area contributed by atoms with E-state index in [-0.39, 0.29) is 11.7 Å². The van der Waals surface area contributed by atoms with Crippen LogP contribution in [0.2, 0.25) is 0 Å². The first-order valence-electron chi connectivity index (χ1n) is 6.51. The van der Waals surface area contributed by atoms with Gasteiger partial charge in [0.25, 0.3) is 5.91 Å². The largest absolute Gasteiger partial charge is 0.311 e. The van der Waals surface area contributed by atoms with Gasteiger partial charge >= 0.3 is 0 Å². The van der Waals surface area contributed by atoms with Gasteiger partial charge in [-0.1, -0.05) is 17.7 Å². The summed E-state index contributed by atoms with van der Waals surface area (Å²) in [7, 11) is 1.73. The summed E-state index contributed by atoms with van der Waals surface area (Å²) in [5.74, 6) is -0.434. The Hall–Kier alpha value is -2.16. The van der Waals surface area contributed by atoms with Crippen molar-refractivity contribution in [2.75, 3.05) is 11.9 Å². The zero-order valence-corrected chi connectivity index (χ0v) is 12.2. The number of carbonyl (C=O) groups excluding carboxylic acids is 1. The van der Waals surface area contributed by atoms with Crippen LogP contribution < -0.4 is 4.90 Å². The Morgan fingerprint density at radius 3 is 2.30 bits per heavy atom. The molecule has 2 rings (SSSR count). The highest BCUT2D eigenvalue weighted by atomic mass is 19.1. The fraction of sp³-hybridized carbons (Fsp3) is 0.235. The third-order valence-corrected chi connectivity index (χ3v) is 3.42. The Bertz CT molecular complexity index is 664. The number of anilines is 1. The van der Waals surface area contributed by atoms with Gasteiger partial charge in [-0.15, -0.1) is 0 Å². The molecule has 0 saturated heterocycles. The fourth-order valence-electron chi connectivity index (χ4n) is 2.26. The van der Waals surface area contributed by atoms with Gasteiger partial charge in [-0.2, -0.15) is 0 Å². The van der Waals surface area contributed by atoms with Crippen LogP contribution in [0.4, 0.5) is 10.1 Å². The van der Waals surface area contributed by atoms with Crippen molar-refractivity contribution in [3.63, 3.8) is 0 Å². The second kappa shape index (κ2) is 5.45. The number of hydrogen-bond donors (Lipinski definition) is 0. The molecule has 0 fully saturated rings. The predicted octanol–water partition coefficient (Wildman–Crippen LogP) is 4.03. The van der Waals surface area contributed by atoms with Crippen LogP contribution in [0.3, 0.4) is 0 Å². The maximum absolute atomic E-state index is 13.3. The van der Waals surface area contributed by atoms with Crippen LogP contribution in [0.15, 0.2) is 36.4 Å². The van der Waals surface area contributed by atoms with Crippen LogP contribution in [0, 0.1) is 26.6 Å². The topological polar surface area (TPSA) is 20.3 Å². The van der Waals surface area contributed by atoms with Crippen LogP contribution in [0.1, 0.15) is 27.0 Å². The van der Waals surface area contributed by atoms with E-state index < -0.39 is 0 Å². The van der Waals surface area contributed by atoms with E-state index in [1.807, 2.05) is 32.0 Å². The molecule has 0 radical (unpaired) electrons. The number of carbonyl (C=O) groups is 1. The number of hydrogen-bond acceptors (Lipinski definition) is 1. The molecule has 0 aliphatic heterocycles. The summed E-state index contributed by atoms with van der Waals surface area (Å²) in [6, 6.07) is 10.4. The van der Waals surface area contributed by atoms with E-state index in [0.29, 0.717) is 11.1 Å². The smallest absolute Gasteiger partial charge is 0.258 e. The quantitative estimate of drug-likeness (QED) is 0.807. The molecule has 0 N–H and O–H groups in total. The summed E-state index contributed by atoms with van der Waals surface area (Å²) in [5.41, 5.74) is 4.03. The second-order valence-corrected chi connectivity index (χ2v) is 5.12. The molecule has 0 aromatic heterocycles. The molecule has 0 spiro atoms. The van der Waals surface area contributed by atoms with Crippen molar-refractivity contribution < 1.29 is 9.18 Å². The van der Waals surface area contributed by atoms with E-state index >= 15 is 0 Å². The summed E-state index contributed by atoms with van der Waals surface area (Å²) < 4.78 is 13.3. The van der Waals surface area contributed by atoms with Crippen LogP contribution in [-0.2, 0) is 0 Å². The fourth-order valence-corrected chi connectivity index (χ4v) is 2.26. The molecule has 2 aromatic rings. The summed E-state index contributed by atoms with van der Waals surface area (Å²) in [6.07, 6.45) is 0. The van der Waals surface area contributed by atoms with Crippen LogP contribution >= 0.6 is 0 Å². The summed E-state index contributed by atoms with van der Waals surface area (Å²) in [4.78, 5) is 14.0. The molecule has 0 bridgehead atoms.